The van der Waals surface area contributed by atoms with E-state index in [4.69, 9.17) is 10.8 Å². The summed E-state index contributed by atoms with van der Waals surface area (Å²) in [6.45, 7) is 0. The molecule has 0 radical (unpaired) electrons. The number of benzene rings is 1. The minimum absolute atomic E-state index is 0.261. The van der Waals surface area contributed by atoms with Gasteiger partial charge in [-0.15, -0.1) is 0 Å². The quantitative estimate of drug-likeness (QED) is 0.568. The van der Waals surface area contributed by atoms with Gasteiger partial charge in [-0.3, -0.25) is 10.4 Å². The van der Waals surface area contributed by atoms with Crippen molar-refractivity contribution in [2.24, 2.45) is 0 Å². The van der Waals surface area contributed by atoms with Crippen LogP contribution in [-0.4, -0.2) is 26.4 Å². The number of halogens is 1. The van der Waals surface area contributed by atoms with E-state index in [0.717, 1.165) is 26.5 Å². The van der Waals surface area contributed by atoms with Crippen LogP contribution in [0.15, 0.2) is 34.9 Å². The van der Waals surface area contributed by atoms with E-state index in [0.29, 0.717) is 5.82 Å². The molecule has 1 amide bonds. The molecule has 0 aliphatic heterocycles. The number of anilines is 2. The summed E-state index contributed by atoms with van der Waals surface area (Å²) in [7, 11) is 0. The van der Waals surface area contributed by atoms with Crippen LogP contribution >= 0.6 is 15.9 Å². The first-order chi connectivity index (χ1) is 10.0. The van der Waals surface area contributed by atoms with Crippen molar-refractivity contribution in [3.63, 3.8) is 0 Å². The molecule has 0 bridgehead atoms. The molecule has 8 heteroatoms. The molecule has 106 valence electrons. The van der Waals surface area contributed by atoms with Gasteiger partial charge in [-0.05, 0) is 51.3 Å². The van der Waals surface area contributed by atoms with Gasteiger partial charge in [0.05, 0.1) is 5.52 Å². The van der Waals surface area contributed by atoms with Gasteiger partial charge in [-0.25, -0.2) is 9.78 Å². The number of fused-ring (bicyclic) bond motifs is 1. The molecule has 0 saturated heterocycles. The van der Waals surface area contributed by atoms with Crippen LogP contribution < -0.4 is 11.1 Å². The second kappa shape index (κ2) is 5.06. The van der Waals surface area contributed by atoms with Gasteiger partial charge in [-0.2, -0.15) is 5.10 Å². The van der Waals surface area contributed by atoms with E-state index in [-0.39, 0.29) is 5.82 Å². The molecule has 5 N–H and O–H groups in total. The number of aromatic nitrogens is 3. The second-order valence-electron chi connectivity index (χ2n) is 4.35. The average Bonchev–Trinajstić information content (AvgIpc) is 2.81. The minimum Gasteiger partial charge on any atom is -0.465 e. The Kier molecular flexibility index (Phi) is 3.22. The molecule has 3 aromatic rings. The molecule has 0 saturated carbocycles. The van der Waals surface area contributed by atoms with Crippen molar-refractivity contribution in [1.29, 1.82) is 0 Å². The zero-order chi connectivity index (χ0) is 15.0. The standard InChI is InChI=1S/C13H10BrN5O2/c14-9-4-7(3-8-11(9)18-19-12(8)15)6-1-2-16-10(5-6)17-13(20)21/h1-5H,(H,16,17)(H,20,21)(H3,15,18,19). The van der Waals surface area contributed by atoms with E-state index in [2.05, 4.69) is 36.4 Å². The van der Waals surface area contributed by atoms with Crippen LogP contribution in [0.3, 0.4) is 0 Å². The lowest BCUT2D eigenvalue weighted by Crippen LogP contribution is -2.08. The molecule has 0 fully saturated rings. The molecule has 1 aromatic carbocycles. The SMILES string of the molecule is Nc1n[nH]c2c(Br)cc(-c3ccnc(NC(=O)O)c3)cc12. The predicted molar refractivity (Wildman–Crippen MR) is 83.1 cm³/mol. The summed E-state index contributed by atoms with van der Waals surface area (Å²) < 4.78 is 0.823. The third kappa shape index (κ3) is 2.52. The summed E-state index contributed by atoms with van der Waals surface area (Å²) in [6.07, 6.45) is 0.382. The Hall–Kier alpha value is -2.61. The molecular formula is C13H10BrN5O2. The van der Waals surface area contributed by atoms with E-state index in [1.165, 1.54) is 6.20 Å². The molecule has 21 heavy (non-hydrogen) atoms. The van der Waals surface area contributed by atoms with Gasteiger partial charge in [0.2, 0.25) is 0 Å². The molecule has 0 aliphatic carbocycles. The van der Waals surface area contributed by atoms with E-state index >= 15 is 0 Å². The maximum atomic E-state index is 10.7. The molecular weight excluding hydrogens is 338 g/mol. The van der Waals surface area contributed by atoms with Gasteiger partial charge in [0.25, 0.3) is 0 Å². The zero-order valence-corrected chi connectivity index (χ0v) is 12.2. The third-order valence-corrected chi connectivity index (χ3v) is 3.61. The Balaban J connectivity index is 2.11. The van der Waals surface area contributed by atoms with E-state index < -0.39 is 6.09 Å². The number of carbonyl (C=O) groups is 1. The summed E-state index contributed by atoms with van der Waals surface area (Å²) in [5, 5.41) is 18.6. The Labute approximate surface area is 127 Å². The largest absolute Gasteiger partial charge is 0.465 e. The number of H-pyrrole nitrogens is 1. The molecule has 0 atom stereocenters. The van der Waals surface area contributed by atoms with Crippen LogP contribution in [0.5, 0.6) is 0 Å². The summed E-state index contributed by atoms with van der Waals surface area (Å²) in [4.78, 5) is 14.6. The number of nitrogens with one attached hydrogen (secondary N) is 2. The first-order valence-electron chi connectivity index (χ1n) is 5.94. The van der Waals surface area contributed by atoms with Crippen molar-refractivity contribution >= 4 is 44.6 Å². The van der Waals surface area contributed by atoms with Gasteiger partial charge in [0.15, 0.2) is 5.82 Å². The highest BCUT2D eigenvalue weighted by Crippen LogP contribution is 2.32. The molecule has 2 heterocycles. The monoisotopic (exact) mass is 347 g/mol. The number of pyridine rings is 1. The second-order valence-corrected chi connectivity index (χ2v) is 5.20. The lowest BCUT2D eigenvalue weighted by molar-refractivity contribution is 0.209. The van der Waals surface area contributed by atoms with Crippen LogP contribution in [0.25, 0.3) is 22.0 Å². The Morgan fingerprint density at radius 3 is 2.90 bits per heavy atom. The van der Waals surface area contributed by atoms with Crippen molar-refractivity contribution in [2.45, 2.75) is 0 Å². The Morgan fingerprint density at radius 2 is 2.14 bits per heavy atom. The average molecular weight is 348 g/mol. The predicted octanol–water partition coefficient (Wildman–Crippen LogP) is 3.06. The fourth-order valence-electron chi connectivity index (χ4n) is 2.05. The number of hydrogen-bond donors (Lipinski definition) is 4. The molecule has 0 unspecified atom stereocenters. The Morgan fingerprint density at radius 1 is 1.33 bits per heavy atom. The lowest BCUT2D eigenvalue weighted by atomic mass is 10.0. The highest BCUT2D eigenvalue weighted by atomic mass is 79.9. The third-order valence-electron chi connectivity index (χ3n) is 2.98. The van der Waals surface area contributed by atoms with Gasteiger partial charge >= 0.3 is 6.09 Å². The van der Waals surface area contributed by atoms with Gasteiger partial charge in [0.1, 0.15) is 5.82 Å². The number of amides is 1. The van der Waals surface area contributed by atoms with Crippen molar-refractivity contribution < 1.29 is 9.90 Å². The highest BCUT2D eigenvalue weighted by Gasteiger charge is 2.10. The van der Waals surface area contributed by atoms with Crippen LogP contribution in [0.4, 0.5) is 16.4 Å². The maximum Gasteiger partial charge on any atom is 0.410 e. The van der Waals surface area contributed by atoms with Gasteiger partial charge < -0.3 is 10.8 Å². The summed E-state index contributed by atoms with van der Waals surface area (Å²) in [5.41, 5.74) is 8.33. The molecule has 0 spiro atoms. The normalized spacial score (nSPS) is 10.7. The van der Waals surface area contributed by atoms with Crippen molar-refractivity contribution in [3.05, 3.63) is 34.9 Å². The van der Waals surface area contributed by atoms with E-state index in [9.17, 15) is 4.79 Å². The number of nitrogens with zero attached hydrogens (tertiary/aromatic N) is 2. The number of hydrogen-bond acceptors (Lipinski definition) is 4. The van der Waals surface area contributed by atoms with E-state index in [1.54, 1.807) is 12.1 Å². The van der Waals surface area contributed by atoms with Gasteiger partial charge in [-0.1, -0.05) is 0 Å². The zero-order valence-electron chi connectivity index (χ0n) is 10.6. The Bertz CT molecular complexity index is 846. The summed E-state index contributed by atoms with van der Waals surface area (Å²) in [6, 6.07) is 7.23. The fraction of sp³-hybridized carbons (Fsp3) is 0. The lowest BCUT2D eigenvalue weighted by Gasteiger charge is -2.06. The number of rotatable bonds is 2. The minimum atomic E-state index is -1.16. The summed E-state index contributed by atoms with van der Waals surface area (Å²) in [5.74, 6) is 0.668. The van der Waals surface area contributed by atoms with Crippen LogP contribution in [0, 0.1) is 0 Å². The maximum absolute atomic E-state index is 10.7. The first kappa shape index (κ1) is 13.4. The highest BCUT2D eigenvalue weighted by molar-refractivity contribution is 9.10. The molecule has 7 nitrogen and oxygen atoms in total. The van der Waals surface area contributed by atoms with Crippen molar-refractivity contribution in [3.8, 4) is 11.1 Å². The topological polar surface area (TPSA) is 117 Å². The number of carboxylic acid groups (broad SMARTS) is 1. The number of nitrogens with two attached hydrogens (primary N) is 1. The van der Waals surface area contributed by atoms with Crippen molar-refractivity contribution in [1.82, 2.24) is 15.2 Å². The molecule has 2 aromatic heterocycles. The van der Waals surface area contributed by atoms with Crippen LogP contribution in [0.1, 0.15) is 0 Å². The molecule has 3 rings (SSSR count). The number of nitrogen functional groups attached to an aromatic ring is 1. The fourth-order valence-corrected chi connectivity index (χ4v) is 2.60. The van der Waals surface area contributed by atoms with Crippen LogP contribution in [-0.2, 0) is 0 Å². The smallest absolute Gasteiger partial charge is 0.410 e. The van der Waals surface area contributed by atoms with Crippen molar-refractivity contribution in [2.75, 3.05) is 11.1 Å². The van der Waals surface area contributed by atoms with E-state index in [1.807, 2.05) is 12.1 Å². The van der Waals surface area contributed by atoms with Gasteiger partial charge in [0, 0.05) is 16.1 Å². The van der Waals surface area contributed by atoms with Crippen LogP contribution in [0.2, 0.25) is 0 Å². The number of aromatic amines is 1. The summed E-state index contributed by atoms with van der Waals surface area (Å²) >= 11 is 3.46. The molecule has 0 aliphatic rings. The first-order valence-corrected chi connectivity index (χ1v) is 6.73.